The average Bonchev–Trinajstić information content (AvgIpc) is 2.41. The quantitative estimate of drug-likeness (QED) is 0.921. The molecule has 1 aromatic heterocycles. The Morgan fingerprint density at radius 3 is 3.00 bits per heavy atom. The van der Waals surface area contributed by atoms with E-state index in [1.807, 2.05) is 19.2 Å². The molecule has 2 rings (SSSR count). The van der Waals surface area contributed by atoms with Crippen LogP contribution in [0.15, 0.2) is 34.9 Å². The number of rotatable bonds is 5. The first kappa shape index (κ1) is 13.5. The van der Waals surface area contributed by atoms with Crippen molar-refractivity contribution >= 4 is 26.8 Å². The summed E-state index contributed by atoms with van der Waals surface area (Å²) in [4.78, 5) is 4.46. The molecule has 0 aliphatic carbocycles. The molecular formula is C14H17BrN2O. The third kappa shape index (κ3) is 3.07. The minimum Gasteiger partial charge on any atom is -0.380 e. The van der Waals surface area contributed by atoms with E-state index in [-0.39, 0.29) is 6.10 Å². The summed E-state index contributed by atoms with van der Waals surface area (Å²) in [5, 5.41) is 4.53. The summed E-state index contributed by atoms with van der Waals surface area (Å²) in [7, 11) is 1.73. The molecule has 1 heterocycles. The van der Waals surface area contributed by atoms with E-state index in [2.05, 4.69) is 44.4 Å². The Morgan fingerprint density at radius 1 is 1.39 bits per heavy atom. The zero-order chi connectivity index (χ0) is 13.0. The van der Waals surface area contributed by atoms with Gasteiger partial charge in [0, 0.05) is 36.3 Å². The van der Waals surface area contributed by atoms with Gasteiger partial charge in [0.05, 0.1) is 11.6 Å². The van der Waals surface area contributed by atoms with Gasteiger partial charge in [0.25, 0.3) is 0 Å². The molecule has 2 aromatic rings. The van der Waals surface area contributed by atoms with Crippen LogP contribution in [-0.2, 0) is 11.3 Å². The predicted molar refractivity (Wildman–Crippen MR) is 77.6 cm³/mol. The molecule has 0 amide bonds. The van der Waals surface area contributed by atoms with Crippen molar-refractivity contribution < 1.29 is 4.74 Å². The molecule has 0 fully saturated rings. The number of halogens is 1. The molecule has 18 heavy (non-hydrogen) atoms. The molecule has 4 heteroatoms. The monoisotopic (exact) mass is 308 g/mol. The number of benzene rings is 1. The molecule has 0 radical (unpaired) electrons. The molecule has 1 unspecified atom stereocenters. The first-order valence-corrected chi connectivity index (χ1v) is 6.77. The summed E-state index contributed by atoms with van der Waals surface area (Å²) in [6, 6.07) is 8.20. The van der Waals surface area contributed by atoms with Crippen LogP contribution in [0.1, 0.15) is 12.5 Å². The van der Waals surface area contributed by atoms with Crippen molar-refractivity contribution in [1.82, 2.24) is 10.3 Å². The number of pyridine rings is 1. The second kappa shape index (κ2) is 6.27. The van der Waals surface area contributed by atoms with Crippen molar-refractivity contribution in [1.29, 1.82) is 0 Å². The first-order chi connectivity index (χ1) is 8.72. The number of ether oxygens (including phenoxy) is 1. The van der Waals surface area contributed by atoms with E-state index < -0.39 is 0 Å². The fourth-order valence-corrected chi connectivity index (χ4v) is 2.28. The molecular weight excluding hydrogens is 292 g/mol. The Bertz CT molecular complexity index is 530. The third-order valence-corrected chi connectivity index (χ3v) is 3.64. The van der Waals surface area contributed by atoms with Gasteiger partial charge in [0.15, 0.2) is 0 Å². The predicted octanol–water partition coefficient (Wildman–Crippen LogP) is 3.12. The molecule has 0 aliphatic rings. The topological polar surface area (TPSA) is 34.1 Å². The van der Waals surface area contributed by atoms with Gasteiger partial charge in [0.1, 0.15) is 0 Å². The molecule has 96 valence electrons. The summed E-state index contributed by atoms with van der Waals surface area (Å²) in [5.74, 6) is 0. The maximum absolute atomic E-state index is 5.21. The van der Waals surface area contributed by atoms with Gasteiger partial charge in [-0.25, -0.2) is 0 Å². The Morgan fingerprint density at radius 2 is 2.22 bits per heavy atom. The van der Waals surface area contributed by atoms with Crippen LogP contribution in [0.25, 0.3) is 10.9 Å². The summed E-state index contributed by atoms with van der Waals surface area (Å²) >= 11 is 3.55. The second-order valence-corrected chi connectivity index (χ2v) is 5.14. The van der Waals surface area contributed by atoms with E-state index in [4.69, 9.17) is 4.74 Å². The highest BCUT2D eigenvalue weighted by atomic mass is 79.9. The van der Waals surface area contributed by atoms with Gasteiger partial charge in [-0.3, -0.25) is 4.98 Å². The fraction of sp³-hybridized carbons (Fsp3) is 0.357. The van der Waals surface area contributed by atoms with Crippen LogP contribution in [0, 0.1) is 0 Å². The Kier molecular flexibility index (Phi) is 4.69. The maximum Gasteiger partial charge on any atom is 0.0758 e. The highest BCUT2D eigenvalue weighted by Gasteiger charge is 2.05. The van der Waals surface area contributed by atoms with E-state index in [1.165, 1.54) is 5.56 Å². The number of aromatic nitrogens is 1. The van der Waals surface area contributed by atoms with Crippen molar-refractivity contribution in [3.63, 3.8) is 0 Å². The lowest BCUT2D eigenvalue weighted by Gasteiger charge is -2.12. The standard InChI is InChI=1S/C14H17BrN2O/c1-10(18-2)8-16-9-11-5-6-13(15)12-4-3-7-17-14(11)12/h3-7,10,16H,8-9H2,1-2H3. The molecule has 1 aromatic carbocycles. The lowest BCUT2D eigenvalue weighted by molar-refractivity contribution is 0.117. The van der Waals surface area contributed by atoms with Gasteiger partial charge in [-0.1, -0.05) is 28.1 Å². The van der Waals surface area contributed by atoms with Crippen molar-refractivity contribution in [3.8, 4) is 0 Å². The minimum absolute atomic E-state index is 0.222. The van der Waals surface area contributed by atoms with Crippen molar-refractivity contribution in [2.45, 2.75) is 19.6 Å². The van der Waals surface area contributed by atoms with Crippen LogP contribution >= 0.6 is 15.9 Å². The number of fused-ring (bicyclic) bond motifs is 1. The lowest BCUT2D eigenvalue weighted by Crippen LogP contribution is -2.25. The summed E-state index contributed by atoms with van der Waals surface area (Å²) in [5.41, 5.74) is 2.25. The maximum atomic E-state index is 5.21. The fourth-order valence-electron chi connectivity index (χ4n) is 1.83. The SMILES string of the molecule is COC(C)CNCc1ccc(Br)c2cccnc12. The summed E-state index contributed by atoms with van der Waals surface area (Å²) < 4.78 is 6.29. The third-order valence-electron chi connectivity index (χ3n) is 2.95. The molecule has 0 spiro atoms. The van der Waals surface area contributed by atoms with Gasteiger partial charge in [0.2, 0.25) is 0 Å². The van der Waals surface area contributed by atoms with Crippen LogP contribution < -0.4 is 5.32 Å². The highest BCUT2D eigenvalue weighted by Crippen LogP contribution is 2.24. The zero-order valence-corrected chi connectivity index (χ0v) is 12.2. The normalized spacial score (nSPS) is 12.8. The molecule has 3 nitrogen and oxygen atoms in total. The number of methoxy groups -OCH3 is 1. The average molecular weight is 309 g/mol. The molecule has 0 bridgehead atoms. The van der Waals surface area contributed by atoms with Gasteiger partial charge < -0.3 is 10.1 Å². The van der Waals surface area contributed by atoms with Crippen molar-refractivity contribution in [2.75, 3.05) is 13.7 Å². The van der Waals surface area contributed by atoms with Gasteiger partial charge in [-0.2, -0.15) is 0 Å². The molecule has 0 saturated heterocycles. The largest absolute Gasteiger partial charge is 0.380 e. The minimum atomic E-state index is 0.222. The Labute approximate surface area is 116 Å². The molecule has 1 atom stereocenters. The number of nitrogens with one attached hydrogen (secondary N) is 1. The van der Waals surface area contributed by atoms with E-state index >= 15 is 0 Å². The number of hydrogen-bond acceptors (Lipinski definition) is 3. The smallest absolute Gasteiger partial charge is 0.0758 e. The van der Waals surface area contributed by atoms with Gasteiger partial charge in [-0.15, -0.1) is 0 Å². The molecule has 0 saturated carbocycles. The highest BCUT2D eigenvalue weighted by molar-refractivity contribution is 9.10. The van der Waals surface area contributed by atoms with Crippen molar-refractivity contribution in [2.24, 2.45) is 0 Å². The molecule has 0 aliphatic heterocycles. The number of hydrogen-bond donors (Lipinski definition) is 1. The van der Waals surface area contributed by atoms with Gasteiger partial charge >= 0.3 is 0 Å². The molecule has 1 N–H and O–H groups in total. The zero-order valence-electron chi connectivity index (χ0n) is 10.6. The van der Waals surface area contributed by atoms with E-state index in [0.29, 0.717) is 0 Å². The van der Waals surface area contributed by atoms with Crippen LogP contribution in [0.5, 0.6) is 0 Å². The Hall–Kier alpha value is -0.970. The summed E-state index contributed by atoms with van der Waals surface area (Å²) in [6.45, 7) is 3.68. The van der Waals surface area contributed by atoms with Gasteiger partial charge in [-0.05, 0) is 24.6 Å². The number of nitrogens with zero attached hydrogens (tertiary/aromatic N) is 1. The van der Waals surface area contributed by atoms with Crippen LogP contribution in [0.3, 0.4) is 0 Å². The Balaban J connectivity index is 2.16. The summed E-state index contributed by atoms with van der Waals surface area (Å²) in [6.07, 6.45) is 2.05. The van der Waals surface area contributed by atoms with Crippen LogP contribution in [0.4, 0.5) is 0 Å². The van der Waals surface area contributed by atoms with Crippen LogP contribution in [-0.4, -0.2) is 24.7 Å². The van der Waals surface area contributed by atoms with E-state index in [0.717, 1.165) is 28.5 Å². The second-order valence-electron chi connectivity index (χ2n) is 4.28. The first-order valence-electron chi connectivity index (χ1n) is 5.98. The van der Waals surface area contributed by atoms with E-state index in [9.17, 15) is 0 Å². The van der Waals surface area contributed by atoms with Crippen LogP contribution in [0.2, 0.25) is 0 Å². The lowest BCUT2D eigenvalue weighted by atomic mass is 10.1. The van der Waals surface area contributed by atoms with E-state index in [1.54, 1.807) is 7.11 Å². The van der Waals surface area contributed by atoms with Crippen molar-refractivity contribution in [3.05, 3.63) is 40.5 Å².